The molecule has 0 saturated carbocycles. The van der Waals surface area contributed by atoms with E-state index in [2.05, 4.69) is 9.72 Å². The molecule has 0 spiro atoms. The molecule has 0 aliphatic heterocycles. The number of hydrogen-bond donors (Lipinski definition) is 0. The molecule has 0 radical (unpaired) electrons. The number of Topliss-reactive ketones (excluding diaryl/α,β-unsaturated/α-hetero) is 1. The van der Waals surface area contributed by atoms with Gasteiger partial charge in [0.2, 0.25) is 0 Å². The Morgan fingerprint density at radius 2 is 2.33 bits per heavy atom. The van der Waals surface area contributed by atoms with Crippen LogP contribution in [-0.4, -0.2) is 23.3 Å². The SMILES string of the molecule is CC(=O)COC(=O)c1cccnc1C#N. The van der Waals surface area contributed by atoms with Crippen LogP contribution < -0.4 is 0 Å². The van der Waals surface area contributed by atoms with Crippen molar-refractivity contribution in [3.05, 3.63) is 29.6 Å². The van der Waals surface area contributed by atoms with E-state index in [1.807, 2.05) is 0 Å². The zero-order chi connectivity index (χ0) is 11.3. The molecule has 0 aliphatic carbocycles. The summed E-state index contributed by atoms with van der Waals surface area (Å²) in [4.78, 5) is 25.6. The van der Waals surface area contributed by atoms with Gasteiger partial charge in [-0.1, -0.05) is 0 Å². The molecule has 0 bridgehead atoms. The molecule has 5 nitrogen and oxygen atoms in total. The van der Waals surface area contributed by atoms with Gasteiger partial charge in [-0.2, -0.15) is 5.26 Å². The first-order valence-corrected chi connectivity index (χ1v) is 4.17. The molecule has 76 valence electrons. The maximum atomic E-state index is 11.4. The molecule has 1 rings (SSSR count). The summed E-state index contributed by atoms with van der Waals surface area (Å²) in [5, 5.41) is 8.66. The largest absolute Gasteiger partial charge is 0.454 e. The number of esters is 1. The summed E-state index contributed by atoms with van der Waals surface area (Å²) in [6.45, 7) is 1.01. The zero-order valence-corrected chi connectivity index (χ0v) is 8.06. The molecule has 0 aromatic carbocycles. The number of carbonyl (C=O) groups excluding carboxylic acids is 2. The van der Waals surface area contributed by atoms with Gasteiger partial charge in [0, 0.05) is 6.20 Å². The molecule has 1 aromatic rings. The summed E-state index contributed by atoms with van der Waals surface area (Å²) >= 11 is 0. The van der Waals surface area contributed by atoms with Gasteiger partial charge in [0.25, 0.3) is 0 Å². The van der Waals surface area contributed by atoms with Crippen molar-refractivity contribution in [2.75, 3.05) is 6.61 Å². The molecule has 0 fully saturated rings. The van der Waals surface area contributed by atoms with Crippen LogP contribution in [0.15, 0.2) is 18.3 Å². The summed E-state index contributed by atoms with van der Waals surface area (Å²) in [7, 11) is 0. The van der Waals surface area contributed by atoms with Crippen LogP contribution in [0.2, 0.25) is 0 Å². The van der Waals surface area contributed by atoms with Crippen LogP contribution in [0.1, 0.15) is 23.0 Å². The molecule has 0 aliphatic rings. The monoisotopic (exact) mass is 204 g/mol. The van der Waals surface area contributed by atoms with Crippen molar-refractivity contribution in [3.63, 3.8) is 0 Å². The van der Waals surface area contributed by atoms with Crippen LogP contribution in [0.3, 0.4) is 0 Å². The molecule has 15 heavy (non-hydrogen) atoms. The van der Waals surface area contributed by atoms with E-state index < -0.39 is 5.97 Å². The van der Waals surface area contributed by atoms with Crippen LogP contribution >= 0.6 is 0 Å². The molecule has 0 unspecified atom stereocenters. The molecule has 0 N–H and O–H groups in total. The average Bonchev–Trinajstić information content (AvgIpc) is 2.25. The fraction of sp³-hybridized carbons (Fsp3) is 0.200. The van der Waals surface area contributed by atoms with Gasteiger partial charge in [0.15, 0.2) is 11.5 Å². The summed E-state index contributed by atoms with van der Waals surface area (Å²) < 4.78 is 4.65. The van der Waals surface area contributed by atoms with Crippen LogP contribution in [0.5, 0.6) is 0 Å². The van der Waals surface area contributed by atoms with Crippen LogP contribution in [0.25, 0.3) is 0 Å². The number of nitrogens with zero attached hydrogens (tertiary/aromatic N) is 2. The van der Waals surface area contributed by atoms with Crippen molar-refractivity contribution in [2.24, 2.45) is 0 Å². The summed E-state index contributed by atoms with van der Waals surface area (Å²) in [6, 6.07) is 4.71. The van der Waals surface area contributed by atoms with Gasteiger partial charge in [-0.3, -0.25) is 4.79 Å². The van der Waals surface area contributed by atoms with Crippen molar-refractivity contribution in [1.29, 1.82) is 5.26 Å². The maximum Gasteiger partial charge on any atom is 0.341 e. The third-order valence-electron chi connectivity index (χ3n) is 1.54. The number of nitriles is 1. The third-order valence-corrected chi connectivity index (χ3v) is 1.54. The Morgan fingerprint density at radius 3 is 2.93 bits per heavy atom. The summed E-state index contributed by atoms with van der Waals surface area (Å²) in [6.07, 6.45) is 1.40. The van der Waals surface area contributed by atoms with Crippen LogP contribution in [-0.2, 0) is 9.53 Å². The second-order valence-electron chi connectivity index (χ2n) is 2.79. The van der Waals surface area contributed by atoms with E-state index in [1.54, 1.807) is 6.07 Å². The van der Waals surface area contributed by atoms with Gasteiger partial charge in [0.05, 0.1) is 5.56 Å². The molecule has 5 heteroatoms. The number of ketones is 1. The highest BCUT2D eigenvalue weighted by Gasteiger charge is 2.13. The van der Waals surface area contributed by atoms with Gasteiger partial charge in [-0.15, -0.1) is 0 Å². The minimum Gasteiger partial charge on any atom is -0.454 e. The average molecular weight is 204 g/mol. The molecule has 0 amide bonds. The number of pyridine rings is 1. The smallest absolute Gasteiger partial charge is 0.341 e. The van der Waals surface area contributed by atoms with E-state index in [0.717, 1.165) is 0 Å². The fourth-order valence-corrected chi connectivity index (χ4v) is 0.904. The lowest BCUT2D eigenvalue weighted by atomic mass is 10.2. The normalized spacial score (nSPS) is 9.07. The summed E-state index contributed by atoms with van der Waals surface area (Å²) in [5.74, 6) is -0.972. The summed E-state index contributed by atoms with van der Waals surface area (Å²) in [5.41, 5.74) is 0.0623. The predicted octanol–water partition coefficient (Wildman–Crippen LogP) is 0.699. The Morgan fingerprint density at radius 1 is 1.60 bits per heavy atom. The lowest BCUT2D eigenvalue weighted by molar-refractivity contribution is -0.120. The van der Waals surface area contributed by atoms with E-state index in [-0.39, 0.29) is 23.6 Å². The third kappa shape index (κ3) is 2.88. The topological polar surface area (TPSA) is 80.1 Å². The predicted molar refractivity (Wildman–Crippen MR) is 49.9 cm³/mol. The molecule has 0 saturated heterocycles. The molecule has 1 heterocycles. The minimum absolute atomic E-state index is 0.00829. The van der Waals surface area contributed by atoms with Gasteiger partial charge in [-0.25, -0.2) is 9.78 Å². The van der Waals surface area contributed by atoms with E-state index in [0.29, 0.717) is 0 Å². The number of rotatable bonds is 3. The number of hydrogen-bond acceptors (Lipinski definition) is 5. The van der Waals surface area contributed by atoms with E-state index in [4.69, 9.17) is 5.26 Å². The van der Waals surface area contributed by atoms with E-state index >= 15 is 0 Å². The Hall–Kier alpha value is -2.22. The Labute approximate surface area is 86.3 Å². The quantitative estimate of drug-likeness (QED) is 0.677. The first-order valence-electron chi connectivity index (χ1n) is 4.17. The highest BCUT2D eigenvalue weighted by Crippen LogP contribution is 2.05. The molecule has 0 atom stereocenters. The minimum atomic E-state index is -0.713. The highest BCUT2D eigenvalue weighted by atomic mass is 16.5. The molecule has 1 aromatic heterocycles. The number of aromatic nitrogens is 1. The molecular formula is C10H8N2O3. The number of ether oxygens (including phenoxy) is 1. The van der Waals surface area contributed by atoms with Gasteiger partial charge in [-0.05, 0) is 19.1 Å². The second kappa shape index (κ2) is 4.86. The van der Waals surface area contributed by atoms with Crippen LogP contribution in [0, 0.1) is 11.3 Å². The van der Waals surface area contributed by atoms with Crippen molar-refractivity contribution >= 4 is 11.8 Å². The first-order chi connectivity index (χ1) is 7.15. The number of carbonyl (C=O) groups is 2. The Kier molecular flexibility index (Phi) is 3.52. The lowest BCUT2D eigenvalue weighted by Gasteiger charge is -2.02. The van der Waals surface area contributed by atoms with Crippen molar-refractivity contribution in [2.45, 2.75) is 6.92 Å². The van der Waals surface area contributed by atoms with E-state index in [1.165, 1.54) is 25.3 Å². The Balaban J connectivity index is 2.83. The van der Waals surface area contributed by atoms with Gasteiger partial charge in [0.1, 0.15) is 12.7 Å². The zero-order valence-electron chi connectivity index (χ0n) is 8.06. The van der Waals surface area contributed by atoms with Gasteiger partial charge < -0.3 is 4.74 Å². The van der Waals surface area contributed by atoms with Crippen LogP contribution in [0.4, 0.5) is 0 Å². The Bertz CT molecular complexity index is 435. The van der Waals surface area contributed by atoms with Gasteiger partial charge >= 0.3 is 5.97 Å². The lowest BCUT2D eigenvalue weighted by Crippen LogP contribution is -2.13. The highest BCUT2D eigenvalue weighted by molar-refractivity contribution is 5.93. The van der Waals surface area contributed by atoms with Crippen molar-refractivity contribution in [1.82, 2.24) is 4.98 Å². The van der Waals surface area contributed by atoms with Crippen molar-refractivity contribution in [3.8, 4) is 6.07 Å². The molecular weight excluding hydrogens is 196 g/mol. The standard InChI is InChI=1S/C10H8N2O3/c1-7(13)6-15-10(14)8-3-2-4-12-9(8)5-11/h2-4H,6H2,1H3. The first kappa shape index (κ1) is 10.9. The second-order valence-corrected chi connectivity index (χ2v) is 2.79. The fourth-order valence-electron chi connectivity index (χ4n) is 0.904. The maximum absolute atomic E-state index is 11.4. The van der Waals surface area contributed by atoms with E-state index in [9.17, 15) is 9.59 Å². The van der Waals surface area contributed by atoms with Crippen molar-refractivity contribution < 1.29 is 14.3 Å².